The topological polar surface area (TPSA) is 27.7 Å². The van der Waals surface area contributed by atoms with Gasteiger partial charge in [0.1, 0.15) is 5.75 Å². The molecule has 1 aromatic carbocycles. The molecule has 0 unspecified atom stereocenters. The van der Waals surface area contributed by atoms with Crippen LogP contribution >= 0.6 is 15.9 Å². The molecule has 1 aliphatic heterocycles. The van der Waals surface area contributed by atoms with Gasteiger partial charge in [0.15, 0.2) is 0 Å². The fourth-order valence-corrected chi connectivity index (χ4v) is 2.53. The summed E-state index contributed by atoms with van der Waals surface area (Å²) in [5.41, 5.74) is 0.290. The number of halogens is 1. The van der Waals surface area contributed by atoms with Gasteiger partial charge >= 0.3 is 7.12 Å². The lowest BCUT2D eigenvalue weighted by Gasteiger charge is -2.32. The molecule has 5 heteroatoms. The first-order valence-corrected chi connectivity index (χ1v) is 7.89. The molecule has 0 N–H and O–H groups in total. The predicted molar refractivity (Wildman–Crippen MR) is 83.5 cm³/mol. The molecule has 0 radical (unpaired) electrons. The monoisotopic (exact) mass is 338 g/mol. The first-order chi connectivity index (χ1) is 9.28. The van der Waals surface area contributed by atoms with Crippen LogP contribution in [0.5, 0.6) is 5.75 Å². The van der Waals surface area contributed by atoms with E-state index in [1.54, 1.807) is 0 Å². The van der Waals surface area contributed by atoms with Crippen molar-refractivity contribution in [2.45, 2.75) is 57.8 Å². The van der Waals surface area contributed by atoms with E-state index in [0.717, 1.165) is 28.5 Å². The van der Waals surface area contributed by atoms with Crippen molar-refractivity contribution in [1.29, 1.82) is 0 Å². The molecule has 3 nitrogen and oxygen atoms in total. The largest absolute Gasteiger partial charge is 0.498 e. The van der Waals surface area contributed by atoms with Gasteiger partial charge in [0.25, 0.3) is 0 Å². The van der Waals surface area contributed by atoms with Gasteiger partial charge in [0, 0.05) is 9.94 Å². The first kappa shape index (κ1) is 14.4. The van der Waals surface area contributed by atoms with Crippen LogP contribution in [-0.4, -0.2) is 24.4 Å². The second kappa shape index (κ2) is 4.75. The second-order valence-electron chi connectivity index (χ2n) is 6.59. The van der Waals surface area contributed by atoms with Crippen molar-refractivity contribution in [3.05, 3.63) is 22.7 Å². The van der Waals surface area contributed by atoms with E-state index in [4.69, 9.17) is 14.0 Å². The zero-order valence-corrected chi connectivity index (χ0v) is 14.0. The Labute approximate surface area is 129 Å². The summed E-state index contributed by atoms with van der Waals surface area (Å²) in [7, 11) is -0.383. The Morgan fingerprint density at radius 1 is 1.15 bits per heavy atom. The van der Waals surface area contributed by atoms with Crippen molar-refractivity contribution in [2.24, 2.45) is 0 Å². The van der Waals surface area contributed by atoms with Crippen LogP contribution in [0.1, 0.15) is 40.5 Å². The molecular formula is C15H20BBrO3. The summed E-state index contributed by atoms with van der Waals surface area (Å²) < 4.78 is 19.2. The number of hydrogen-bond acceptors (Lipinski definition) is 3. The first-order valence-electron chi connectivity index (χ1n) is 7.10. The summed E-state index contributed by atoms with van der Waals surface area (Å²) in [6.07, 6.45) is 2.63. The molecule has 1 aromatic rings. The molecule has 108 valence electrons. The van der Waals surface area contributed by atoms with Crippen LogP contribution in [0.4, 0.5) is 0 Å². The molecule has 0 aromatic heterocycles. The Bertz CT molecular complexity index is 510. The van der Waals surface area contributed by atoms with Gasteiger partial charge in [-0.15, -0.1) is 0 Å². The average molecular weight is 339 g/mol. The van der Waals surface area contributed by atoms with E-state index in [2.05, 4.69) is 43.6 Å². The normalized spacial score (nSPS) is 23.9. The average Bonchev–Trinajstić information content (AvgIpc) is 3.10. The van der Waals surface area contributed by atoms with Gasteiger partial charge in [-0.2, -0.15) is 0 Å². The van der Waals surface area contributed by atoms with E-state index in [-0.39, 0.29) is 18.3 Å². The van der Waals surface area contributed by atoms with Crippen molar-refractivity contribution in [1.82, 2.24) is 0 Å². The van der Waals surface area contributed by atoms with Crippen LogP contribution in [0.15, 0.2) is 22.7 Å². The van der Waals surface area contributed by atoms with Crippen LogP contribution < -0.4 is 10.2 Å². The highest BCUT2D eigenvalue weighted by Crippen LogP contribution is 2.38. The van der Waals surface area contributed by atoms with Crippen LogP contribution in [0.3, 0.4) is 0 Å². The molecule has 0 spiro atoms. The number of ether oxygens (including phenoxy) is 1. The number of hydrogen-bond donors (Lipinski definition) is 0. The van der Waals surface area contributed by atoms with Gasteiger partial charge in [0.2, 0.25) is 0 Å². The Morgan fingerprint density at radius 3 is 2.30 bits per heavy atom. The summed E-state index contributed by atoms with van der Waals surface area (Å²) in [6.45, 7) is 8.25. The lowest BCUT2D eigenvalue weighted by atomic mass is 9.78. The fourth-order valence-electron chi connectivity index (χ4n) is 2.15. The van der Waals surface area contributed by atoms with E-state index in [1.807, 2.05) is 18.2 Å². The standard InChI is InChI=1S/C15H20BBrO3/c1-14(2)15(3,4)20-16(19-14)12-9-10(17)5-8-13(12)18-11-6-7-11/h5,8-9,11H,6-7H2,1-4H3. The highest BCUT2D eigenvalue weighted by molar-refractivity contribution is 9.10. The van der Waals surface area contributed by atoms with E-state index in [0.29, 0.717) is 6.10 Å². The molecule has 1 saturated carbocycles. The summed E-state index contributed by atoms with van der Waals surface area (Å²) in [5.74, 6) is 0.870. The molecule has 3 rings (SSSR count). The third kappa shape index (κ3) is 2.63. The van der Waals surface area contributed by atoms with E-state index in [1.165, 1.54) is 0 Å². The maximum absolute atomic E-state index is 6.12. The van der Waals surface area contributed by atoms with E-state index in [9.17, 15) is 0 Å². The van der Waals surface area contributed by atoms with E-state index >= 15 is 0 Å². The molecule has 0 atom stereocenters. The van der Waals surface area contributed by atoms with Gasteiger partial charge in [-0.25, -0.2) is 0 Å². The molecule has 0 amide bonds. The summed E-state index contributed by atoms with van der Waals surface area (Å²) in [5, 5.41) is 0. The molecular weight excluding hydrogens is 319 g/mol. The smallest absolute Gasteiger partial charge is 0.491 e. The Balaban J connectivity index is 1.91. The Kier molecular flexibility index (Phi) is 3.43. The van der Waals surface area contributed by atoms with Gasteiger partial charge in [0.05, 0.1) is 17.3 Å². The molecule has 2 aliphatic rings. The molecule has 1 aliphatic carbocycles. The van der Waals surface area contributed by atoms with Crippen molar-refractivity contribution >= 4 is 28.5 Å². The summed E-state index contributed by atoms with van der Waals surface area (Å²) >= 11 is 3.52. The minimum absolute atomic E-state index is 0.336. The lowest BCUT2D eigenvalue weighted by molar-refractivity contribution is 0.00578. The van der Waals surface area contributed by atoms with E-state index < -0.39 is 0 Å². The molecule has 2 fully saturated rings. The number of benzene rings is 1. The number of rotatable bonds is 3. The summed E-state index contributed by atoms with van der Waals surface area (Å²) in [4.78, 5) is 0. The highest BCUT2D eigenvalue weighted by Gasteiger charge is 2.52. The van der Waals surface area contributed by atoms with Crippen LogP contribution in [0, 0.1) is 0 Å². The van der Waals surface area contributed by atoms with Gasteiger partial charge in [-0.05, 0) is 58.7 Å². The highest BCUT2D eigenvalue weighted by atomic mass is 79.9. The third-order valence-electron chi connectivity index (χ3n) is 4.30. The van der Waals surface area contributed by atoms with Crippen molar-refractivity contribution in [3.63, 3.8) is 0 Å². The van der Waals surface area contributed by atoms with Gasteiger partial charge < -0.3 is 14.0 Å². The van der Waals surface area contributed by atoms with Gasteiger partial charge in [-0.1, -0.05) is 15.9 Å². The zero-order valence-electron chi connectivity index (χ0n) is 12.4. The lowest BCUT2D eigenvalue weighted by Crippen LogP contribution is -2.41. The Hall–Kier alpha value is -0.515. The minimum Gasteiger partial charge on any atom is -0.491 e. The van der Waals surface area contributed by atoms with Crippen molar-refractivity contribution < 1.29 is 14.0 Å². The van der Waals surface area contributed by atoms with Crippen LogP contribution in [0.2, 0.25) is 0 Å². The molecule has 0 bridgehead atoms. The molecule has 20 heavy (non-hydrogen) atoms. The van der Waals surface area contributed by atoms with Gasteiger partial charge in [-0.3, -0.25) is 0 Å². The predicted octanol–water partition coefficient (Wildman–Crippen LogP) is 3.29. The minimum atomic E-state index is -0.383. The van der Waals surface area contributed by atoms with Crippen LogP contribution in [-0.2, 0) is 9.31 Å². The second-order valence-corrected chi connectivity index (χ2v) is 7.50. The van der Waals surface area contributed by atoms with Crippen LogP contribution in [0.25, 0.3) is 0 Å². The fraction of sp³-hybridized carbons (Fsp3) is 0.600. The summed E-state index contributed by atoms with van der Waals surface area (Å²) in [6, 6.07) is 6.01. The molecule has 1 heterocycles. The third-order valence-corrected chi connectivity index (χ3v) is 4.79. The zero-order chi connectivity index (χ0) is 14.5. The van der Waals surface area contributed by atoms with Crippen molar-refractivity contribution in [3.8, 4) is 5.75 Å². The maximum atomic E-state index is 6.12. The quantitative estimate of drug-likeness (QED) is 0.791. The molecule has 1 saturated heterocycles. The maximum Gasteiger partial charge on any atom is 0.498 e. The Morgan fingerprint density at radius 2 is 1.75 bits per heavy atom. The van der Waals surface area contributed by atoms with Crippen molar-refractivity contribution in [2.75, 3.05) is 0 Å². The SMILES string of the molecule is CC1(C)OB(c2cc(Br)ccc2OC2CC2)OC1(C)C.